The van der Waals surface area contributed by atoms with Crippen molar-refractivity contribution >= 4 is 29.1 Å². The molecular formula is C43H41ClCs2N10O5. The van der Waals surface area contributed by atoms with Gasteiger partial charge in [0.15, 0.2) is 5.15 Å². The van der Waals surface area contributed by atoms with Crippen LogP contribution in [0.5, 0.6) is 17.4 Å². The van der Waals surface area contributed by atoms with Crippen LogP contribution in [0.25, 0.3) is 33.3 Å². The van der Waals surface area contributed by atoms with Gasteiger partial charge in [0, 0.05) is 58.7 Å². The topological polar surface area (TPSA) is 191 Å². The van der Waals surface area contributed by atoms with Crippen LogP contribution in [0.3, 0.4) is 0 Å². The molecule has 0 spiro atoms. The van der Waals surface area contributed by atoms with E-state index in [1.54, 1.807) is 77.9 Å². The summed E-state index contributed by atoms with van der Waals surface area (Å²) < 4.78 is 9.30. The summed E-state index contributed by atoms with van der Waals surface area (Å²) in [7, 11) is 0. The van der Waals surface area contributed by atoms with E-state index in [1.165, 1.54) is 0 Å². The van der Waals surface area contributed by atoms with Crippen molar-refractivity contribution in [2.24, 2.45) is 0 Å². The number of hydrogen-bond donors (Lipinski definition) is 1. The molecule has 0 aliphatic heterocycles. The molecule has 0 saturated heterocycles. The van der Waals surface area contributed by atoms with Gasteiger partial charge >= 0.3 is 138 Å². The number of hydrogen-bond acceptors (Lipinski definition) is 13. The van der Waals surface area contributed by atoms with Crippen LogP contribution in [0, 0.1) is 51.9 Å². The normalized spacial score (nSPS) is 9.15. The number of halogens is 1. The summed E-state index contributed by atoms with van der Waals surface area (Å²) in [5, 5.41) is 26.3. The maximum absolute atomic E-state index is 9.21. The minimum Gasteiger partial charge on any atom is -1.00 e. The Morgan fingerprint density at radius 1 is 0.721 bits per heavy atom. The smallest absolute Gasteiger partial charge is 1.00 e. The predicted octanol–water partition coefficient (Wildman–Crippen LogP) is 1.28. The molecule has 6 heterocycles. The molecule has 0 radical (unpaired) electrons. The van der Waals surface area contributed by atoms with Gasteiger partial charge in [-0.05, 0) is 94.0 Å². The zero-order valence-electron chi connectivity index (χ0n) is 35.0. The van der Waals surface area contributed by atoms with Crippen LogP contribution in [0.4, 0.5) is 0 Å². The second kappa shape index (κ2) is 29.6. The summed E-state index contributed by atoms with van der Waals surface area (Å²) >= 11 is 5.73. The number of aromatic nitrogens is 10. The van der Waals surface area contributed by atoms with Crippen molar-refractivity contribution in [2.45, 2.75) is 42.0 Å². The molecule has 0 saturated carbocycles. The molecule has 8 aromatic rings. The predicted molar refractivity (Wildman–Crippen MR) is 224 cm³/mol. The Bertz CT molecular complexity index is 2650. The van der Waals surface area contributed by atoms with Crippen molar-refractivity contribution in [2.75, 3.05) is 0 Å². The maximum atomic E-state index is 9.21. The van der Waals surface area contributed by atoms with Crippen molar-refractivity contribution in [1.29, 1.82) is 0 Å². The summed E-state index contributed by atoms with van der Waals surface area (Å²) in [6.45, 7) is 9.41. The largest absolute Gasteiger partial charge is 1.00 e. The summed E-state index contributed by atoms with van der Waals surface area (Å²) in [4.78, 5) is 36.3. The van der Waals surface area contributed by atoms with Crippen LogP contribution in [-0.4, -0.2) is 60.7 Å². The average Bonchev–Trinajstić information content (AvgIpc) is 3.92. The Balaban J connectivity index is 0.000000844. The van der Waals surface area contributed by atoms with E-state index < -0.39 is 0 Å². The quantitative estimate of drug-likeness (QED) is 0.112. The summed E-state index contributed by atoms with van der Waals surface area (Å²) in [5.74, 6) is 8.59. The molecule has 0 fully saturated rings. The van der Waals surface area contributed by atoms with Crippen LogP contribution in [-0.2, 0) is 9.68 Å². The molecule has 0 bridgehead atoms. The molecule has 0 amide bonds. The van der Waals surface area contributed by atoms with E-state index in [-0.39, 0.29) is 159 Å². The number of aryl methyl sites for hydroxylation is 4. The van der Waals surface area contributed by atoms with Gasteiger partial charge in [0.05, 0.1) is 12.4 Å². The van der Waals surface area contributed by atoms with E-state index in [4.69, 9.17) is 32.8 Å². The third-order valence-electron chi connectivity index (χ3n) is 7.77. The van der Waals surface area contributed by atoms with Gasteiger partial charge in [0.1, 0.15) is 35.2 Å². The van der Waals surface area contributed by atoms with Crippen molar-refractivity contribution in [3.8, 4) is 63.8 Å². The first kappa shape index (κ1) is 55.4. The second-order valence-corrected chi connectivity index (χ2v) is 11.9. The Kier molecular flexibility index (Phi) is 26.9. The molecule has 0 unspecified atom stereocenters. The molecule has 302 valence electrons. The molecular weight excluding hydrogens is 1040 g/mol. The molecule has 15 nitrogen and oxygen atoms in total. The molecule has 18 heteroatoms. The van der Waals surface area contributed by atoms with Gasteiger partial charge < -0.3 is 21.4 Å². The van der Waals surface area contributed by atoms with Crippen molar-refractivity contribution in [3.63, 3.8) is 0 Å². The van der Waals surface area contributed by atoms with E-state index >= 15 is 0 Å². The number of carbonyl (C=O) groups is 1. The first-order valence-corrected chi connectivity index (χ1v) is 17.4. The first-order valence-electron chi connectivity index (χ1n) is 17.1. The molecule has 0 atom stereocenters. The average molecular weight is 1080 g/mol. The van der Waals surface area contributed by atoms with E-state index in [2.05, 4.69) is 62.8 Å². The van der Waals surface area contributed by atoms with Crippen LogP contribution in [0.1, 0.15) is 38.6 Å². The number of benzene rings is 2. The van der Waals surface area contributed by atoms with Crippen LogP contribution in [0.15, 0.2) is 110 Å². The number of rotatable bonds is 5. The minimum atomic E-state index is -0.181. The third-order valence-corrected chi connectivity index (χ3v) is 8.06. The fraction of sp³-hybridized carbons (Fsp3) is 0.140. The number of phenols is 1. The van der Waals surface area contributed by atoms with Gasteiger partial charge in [0.2, 0.25) is 5.88 Å². The molecule has 0 aliphatic rings. The molecule has 61 heavy (non-hydrogen) atoms. The van der Waals surface area contributed by atoms with Gasteiger partial charge in [-0.1, -0.05) is 49.2 Å². The van der Waals surface area contributed by atoms with E-state index in [0.29, 0.717) is 16.8 Å². The summed E-state index contributed by atoms with van der Waals surface area (Å²) in [6, 6.07) is 18.6. The van der Waals surface area contributed by atoms with Crippen molar-refractivity contribution in [3.05, 3.63) is 138 Å². The fourth-order valence-electron chi connectivity index (χ4n) is 5.26. The Morgan fingerprint density at radius 2 is 1.16 bits per heavy atom. The second-order valence-electron chi connectivity index (χ2n) is 11.5. The van der Waals surface area contributed by atoms with Crippen LogP contribution >= 0.6 is 11.6 Å². The molecule has 8 rings (SSSR count). The van der Waals surface area contributed by atoms with Gasteiger partial charge in [-0.3, -0.25) is 4.79 Å². The van der Waals surface area contributed by atoms with Gasteiger partial charge in [-0.2, -0.15) is 10.2 Å². The standard InChI is InChI=1S/C18H15N5O.C12H12N2O.C6H4ClN3.C5H4.CH2O3.CH4.2Cs.H/c1-12-17(13(2)21-11-20-12)14-3-5-15(6-4-14)24-18-16-7-8-22-23(16)10-9-19-18;1-8-12(9(2)14-7-13-8)10-3-5-11(15)6-4-10;7-6-5-1-2-9-10(5)4-3-8-6;1-3-5-4-2;2-1-4-3;;;;/h3-11H,1-2H3;3-7,15H,1-2H3;1-4H;1H,2H3;1,3H;1H4;;;/q;;;;;;2*+1;-1/p-1. The van der Waals surface area contributed by atoms with E-state index in [9.17, 15) is 5.11 Å². The Morgan fingerprint density at radius 3 is 1.59 bits per heavy atom. The minimum absolute atomic E-state index is 0. The maximum Gasteiger partial charge on any atom is 1.00 e. The Hall–Kier alpha value is -3.62. The third kappa shape index (κ3) is 16.9. The van der Waals surface area contributed by atoms with E-state index in [1.807, 2.05) is 76.2 Å². The zero-order valence-corrected chi connectivity index (χ0v) is 47.3. The van der Waals surface area contributed by atoms with Gasteiger partial charge in [-0.25, -0.2) is 38.9 Å². The number of fused-ring (bicyclic) bond motifs is 2. The van der Waals surface area contributed by atoms with Gasteiger partial charge in [-0.15, -0.1) is 6.42 Å². The number of nitrogens with zero attached hydrogens (tertiary/aromatic N) is 10. The van der Waals surface area contributed by atoms with Crippen molar-refractivity contribution < 1.29 is 164 Å². The molecule has 0 aliphatic carbocycles. The number of phenolic OH excluding ortho intramolecular Hbond substituents is 1. The number of carbonyl (C=O) groups excluding carboxylic acids is 1. The van der Waals surface area contributed by atoms with Crippen LogP contribution in [0.2, 0.25) is 5.15 Å². The summed E-state index contributed by atoms with van der Waals surface area (Å²) in [6.07, 6.45) is 18.1. The molecule has 1 N–H and O–H groups in total. The van der Waals surface area contributed by atoms with E-state index in [0.717, 1.165) is 56.1 Å². The summed E-state index contributed by atoms with van der Waals surface area (Å²) in [5.41, 5.74) is 9.67. The number of terminal acetylenes is 1. The van der Waals surface area contributed by atoms with Crippen molar-refractivity contribution in [1.82, 2.24) is 49.1 Å². The van der Waals surface area contributed by atoms with Crippen LogP contribution < -0.4 is 148 Å². The first-order chi connectivity index (χ1) is 28.1. The molecule has 2 aromatic carbocycles. The monoisotopic (exact) mass is 1080 g/mol. The molecule has 6 aromatic heterocycles. The SMILES string of the molecule is C.C#CC#CC.Cc1ncnc(C)c1-c1ccc(O)cc1.Cc1ncnc(C)c1-c1ccc(Oc2nccn3nccc23)cc1.Clc1nccn2nccc12.O=CO[O-].[Cs+].[Cs+].[H-]. The Labute approximate surface area is 478 Å². The number of ether oxygens (including phenoxy) is 1. The zero-order chi connectivity index (χ0) is 41.9. The fourth-order valence-corrected chi connectivity index (χ4v) is 5.46. The van der Waals surface area contributed by atoms with Gasteiger partial charge in [0.25, 0.3) is 6.47 Å². The number of aromatic hydroxyl groups is 1.